The molecule has 8 nitrogen and oxygen atoms in total. The topological polar surface area (TPSA) is 127 Å². The number of sulfone groups is 1. The fraction of sp³-hybridized carbons (Fsp3) is 0.400. The molecule has 0 radical (unpaired) electrons. The van der Waals surface area contributed by atoms with Gasteiger partial charge in [-0.15, -0.1) is 0 Å². The number of benzene rings is 1. The molecule has 2 N–H and O–H groups in total. The van der Waals surface area contributed by atoms with E-state index in [9.17, 15) is 18.5 Å². The quantitative estimate of drug-likeness (QED) is 0.523. The van der Waals surface area contributed by atoms with E-state index in [2.05, 4.69) is 0 Å². The number of non-ortho nitro benzene ring substituents is 1. The second-order valence-electron chi connectivity index (χ2n) is 3.50. The number of aliphatic hydroxyl groups is 2. The zero-order valence-electron chi connectivity index (χ0n) is 9.85. The molecule has 0 heterocycles. The fourth-order valence-corrected chi connectivity index (χ4v) is 2.55. The molecule has 0 amide bonds. The predicted octanol–water partition coefficient (Wildman–Crippen LogP) is -0.268. The van der Waals surface area contributed by atoms with Crippen LogP contribution in [-0.2, 0) is 9.84 Å². The Bertz CT molecular complexity index is 555. The molecule has 0 saturated heterocycles. The summed E-state index contributed by atoms with van der Waals surface area (Å²) in [5, 5.41) is 28.0. The van der Waals surface area contributed by atoms with Gasteiger partial charge in [0.2, 0.25) is 0 Å². The second kappa shape index (κ2) is 6.45. The van der Waals surface area contributed by atoms with Crippen molar-refractivity contribution in [2.75, 3.05) is 25.6 Å². The molecule has 0 spiro atoms. The van der Waals surface area contributed by atoms with Crippen molar-refractivity contribution in [2.24, 2.45) is 0 Å². The lowest BCUT2D eigenvalue weighted by Gasteiger charge is -2.10. The van der Waals surface area contributed by atoms with Crippen molar-refractivity contribution in [3.8, 4) is 5.75 Å². The van der Waals surface area contributed by atoms with Gasteiger partial charge in [0, 0.05) is 12.1 Å². The molecule has 0 fully saturated rings. The molecule has 0 aliphatic rings. The summed E-state index contributed by atoms with van der Waals surface area (Å²) in [5.41, 5.74) is -0.395. The van der Waals surface area contributed by atoms with Crippen LogP contribution in [0.1, 0.15) is 0 Å². The average molecular weight is 291 g/mol. The molecule has 106 valence electrons. The van der Waals surface area contributed by atoms with Crippen LogP contribution in [0.25, 0.3) is 0 Å². The van der Waals surface area contributed by atoms with Gasteiger partial charge in [-0.2, -0.15) is 0 Å². The van der Waals surface area contributed by atoms with E-state index >= 15 is 0 Å². The first-order valence-corrected chi connectivity index (χ1v) is 6.93. The number of nitrogens with zero attached hydrogens (tertiary/aromatic N) is 1. The van der Waals surface area contributed by atoms with Gasteiger partial charge >= 0.3 is 0 Å². The summed E-state index contributed by atoms with van der Waals surface area (Å²) >= 11 is 0. The van der Waals surface area contributed by atoms with Gasteiger partial charge in [-0.1, -0.05) is 0 Å². The summed E-state index contributed by atoms with van der Waals surface area (Å²) < 4.78 is 28.8. The molecule has 0 aliphatic carbocycles. The number of nitro benzene ring substituents is 1. The van der Waals surface area contributed by atoms with Crippen molar-refractivity contribution in [3.63, 3.8) is 0 Å². The minimum Gasteiger partial charge on any atom is -0.490 e. The number of nitro groups is 1. The van der Waals surface area contributed by atoms with Crippen molar-refractivity contribution in [1.82, 2.24) is 0 Å². The van der Waals surface area contributed by atoms with E-state index in [1.165, 1.54) is 0 Å². The third-order valence-electron chi connectivity index (χ3n) is 2.18. The Kier molecular flexibility index (Phi) is 5.21. The Morgan fingerprint density at radius 3 is 2.47 bits per heavy atom. The monoisotopic (exact) mass is 291 g/mol. The van der Waals surface area contributed by atoms with Crippen LogP contribution in [0.4, 0.5) is 5.69 Å². The molecule has 1 aromatic carbocycles. The predicted molar refractivity (Wildman–Crippen MR) is 64.8 cm³/mol. The molecule has 0 bridgehead atoms. The lowest BCUT2D eigenvalue weighted by atomic mass is 10.3. The summed E-state index contributed by atoms with van der Waals surface area (Å²) in [6.45, 7) is -1.07. The van der Waals surface area contributed by atoms with Gasteiger partial charge in [0.25, 0.3) is 5.69 Å². The van der Waals surface area contributed by atoms with Gasteiger partial charge in [0.15, 0.2) is 9.84 Å². The van der Waals surface area contributed by atoms with Gasteiger partial charge in [0.05, 0.1) is 23.9 Å². The molecule has 0 aliphatic heterocycles. The first-order chi connectivity index (χ1) is 8.92. The minimum atomic E-state index is -3.89. The van der Waals surface area contributed by atoms with Gasteiger partial charge in [-0.3, -0.25) is 10.1 Å². The lowest BCUT2D eigenvalue weighted by Crippen LogP contribution is -2.13. The van der Waals surface area contributed by atoms with Crippen LogP contribution in [0.3, 0.4) is 0 Å². The molecule has 19 heavy (non-hydrogen) atoms. The highest BCUT2D eigenvalue weighted by atomic mass is 32.2. The average Bonchev–Trinajstić information content (AvgIpc) is 2.35. The molecule has 0 saturated carbocycles. The maximum absolute atomic E-state index is 11.9. The largest absolute Gasteiger partial charge is 0.490 e. The van der Waals surface area contributed by atoms with Crippen LogP contribution >= 0.6 is 0 Å². The highest BCUT2D eigenvalue weighted by molar-refractivity contribution is 7.91. The number of hydrogen-bond donors (Lipinski definition) is 2. The van der Waals surface area contributed by atoms with Crippen LogP contribution < -0.4 is 4.74 Å². The van der Waals surface area contributed by atoms with Gasteiger partial charge in [-0.05, 0) is 6.07 Å². The number of aliphatic hydroxyl groups excluding tert-OH is 2. The third-order valence-corrected chi connectivity index (χ3v) is 3.89. The van der Waals surface area contributed by atoms with Gasteiger partial charge in [0.1, 0.15) is 17.3 Å². The Balaban J connectivity index is 3.29. The zero-order chi connectivity index (χ0) is 14.5. The SMILES string of the molecule is O=[N+]([O-])c1ccc(OCCO)c(S(=O)(=O)CCO)c1. The molecular formula is C10H13NO7S. The summed E-state index contributed by atoms with van der Waals surface area (Å²) in [7, 11) is -3.89. The van der Waals surface area contributed by atoms with Crippen molar-refractivity contribution in [3.05, 3.63) is 28.3 Å². The van der Waals surface area contributed by atoms with E-state index in [1.807, 2.05) is 0 Å². The number of ether oxygens (including phenoxy) is 1. The molecule has 0 unspecified atom stereocenters. The van der Waals surface area contributed by atoms with Crippen molar-refractivity contribution >= 4 is 15.5 Å². The Morgan fingerprint density at radius 1 is 1.26 bits per heavy atom. The molecule has 0 aromatic heterocycles. The summed E-state index contributed by atoms with van der Waals surface area (Å²) in [5.74, 6) is -0.656. The van der Waals surface area contributed by atoms with Crippen LogP contribution in [0.15, 0.2) is 23.1 Å². The van der Waals surface area contributed by atoms with E-state index in [4.69, 9.17) is 14.9 Å². The Hall–Kier alpha value is -1.71. The summed E-state index contributed by atoms with van der Waals surface area (Å²) in [6.07, 6.45) is 0. The van der Waals surface area contributed by atoms with Crippen molar-refractivity contribution in [2.45, 2.75) is 4.90 Å². The van der Waals surface area contributed by atoms with Crippen LogP contribution in [0.2, 0.25) is 0 Å². The standard InChI is InChI=1S/C10H13NO7S/c12-3-5-18-9-2-1-8(11(14)15)7-10(9)19(16,17)6-4-13/h1-2,7,12-13H,3-6H2. The molecule has 1 rings (SSSR count). The number of hydrogen-bond acceptors (Lipinski definition) is 7. The zero-order valence-corrected chi connectivity index (χ0v) is 10.7. The van der Waals surface area contributed by atoms with E-state index in [-0.39, 0.29) is 23.9 Å². The normalized spacial score (nSPS) is 11.3. The lowest BCUT2D eigenvalue weighted by molar-refractivity contribution is -0.385. The first kappa shape index (κ1) is 15.3. The van der Waals surface area contributed by atoms with Crippen molar-refractivity contribution < 1.29 is 28.3 Å². The number of rotatable bonds is 7. The highest BCUT2D eigenvalue weighted by Crippen LogP contribution is 2.29. The van der Waals surface area contributed by atoms with Crippen LogP contribution in [-0.4, -0.2) is 49.1 Å². The van der Waals surface area contributed by atoms with Crippen molar-refractivity contribution in [1.29, 1.82) is 0 Å². The maximum atomic E-state index is 11.9. The summed E-state index contributed by atoms with van der Waals surface area (Å²) in [4.78, 5) is 9.54. The van der Waals surface area contributed by atoms with E-state index in [1.54, 1.807) is 0 Å². The maximum Gasteiger partial charge on any atom is 0.271 e. The molecule has 9 heteroatoms. The molecular weight excluding hydrogens is 278 g/mol. The second-order valence-corrected chi connectivity index (χ2v) is 5.58. The van der Waals surface area contributed by atoms with Gasteiger partial charge < -0.3 is 14.9 Å². The first-order valence-electron chi connectivity index (χ1n) is 5.28. The smallest absolute Gasteiger partial charge is 0.271 e. The van der Waals surface area contributed by atoms with Crippen LogP contribution in [0, 0.1) is 10.1 Å². The minimum absolute atomic E-state index is 0.0897. The van der Waals surface area contributed by atoms with E-state index in [0.717, 1.165) is 18.2 Å². The third kappa shape index (κ3) is 3.88. The fourth-order valence-electron chi connectivity index (χ4n) is 1.36. The summed E-state index contributed by atoms with van der Waals surface area (Å²) in [6, 6.07) is 3.13. The highest BCUT2D eigenvalue weighted by Gasteiger charge is 2.23. The molecule has 1 aromatic rings. The molecule has 0 atom stereocenters. The van der Waals surface area contributed by atoms with Gasteiger partial charge in [-0.25, -0.2) is 8.42 Å². The van der Waals surface area contributed by atoms with Crippen LogP contribution in [0.5, 0.6) is 5.75 Å². The van der Waals surface area contributed by atoms with E-state index < -0.39 is 32.8 Å². The van der Waals surface area contributed by atoms with E-state index in [0.29, 0.717) is 0 Å². The Labute approximate surface area is 109 Å². The Morgan fingerprint density at radius 2 is 1.95 bits per heavy atom.